The van der Waals surface area contributed by atoms with Crippen LogP contribution in [0.4, 0.5) is 10.1 Å². The van der Waals surface area contributed by atoms with Crippen molar-refractivity contribution in [2.45, 2.75) is 50.2 Å². The van der Waals surface area contributed by atoms with Crippen molar-refractivity contribution < 1.29 is 14.0 Å². The number of likely N-dealkylation sites (tertiary alicyclic amines) is 1. The van der Waals surface area contributed by atoms with Gasteiger partial charge in [-0.2, -0.15) is 0 Å². The van der Waals surface area contributed by atoms with E-state index in [2.05, 4.69) is 27.7 Å². The van der Waals surface area contributed by atoms with Gasteiger partial charge in [0.1, 0.15) is 5.82 Å². The first kappa shape index (κ1) is 23.7. The van der Waals surface area contributed by atoms with E-state index >= 15 is 0 Å². The number of nitrogens with zero attached hydrogens (tertiary/aromatic N) is 1. The van der Waals surface area contributed by atoms with Gasteiger partial charge < -0.3 is 15.5 Å². The van der Waals surface area contributed by atoms with Crippen LogP contribution < -0.4 is 10.6 Å². The summed E-state index contributed by atoms with van der Waals surface area (Å²) in [4.78, 5) is 29.2. The summed E-state index contributed by atoms with van der Waals surface area (Å²) >= 11 is 0. The zero-order valence-corrected chi connectivity index (χ0v) is 20.8. The van der Waals surface area contributed by atoms with Crippen molar-refractivity contribution in [2.75, 3.05) is 11.9 Å². The number of halogens is 1. The number of benzene rings is 3. The maximum absolute atomic E-state index is 14.2. The molecule has 6 rings (SSSR count). The molecule has 2 aliphatic heterocycles. The first-order valence-electron chi connectivity index (χ1n) is 13.4. The topological polar surface area (TPSA) is 61.4 Å². The minimum Gasteiger partial charge on any atom is -0.378 e. The van der Waals surface area contributed by atoms with E-state index in [1.54, 1.807) is 0 Å². The third-order valence-corrected chi connectivity index (χ3v) is 8.41. The van der Waals surface area contributed by atoms with Crippen LogP contribution in [0.3, 0.4) is 0 Å². The molecule has 0 bridgehead atoms. The van der Waals surface area contributed by atoms with E-state index in [0.29, 0.717) is 12.1 Å². The predicted octanol–water partition coefficient (Wildman–Crippen LogP) is 5.87. The van der Waals surface area contributed by atoms with Gasteiger partial charge in [-0.1, -0.05) is 61.4 Å². The van der Waals surface area contributed by atoms with Crippen LogP contribution in [0, 0.1) is 17.7 Å². The molecule has 190 valence electrons. The van der Waals surface area contributed by atoms with Crippen LogP contribution in [0.5, 0.6) is 0 Å². The molecule has 2 amide bonds. The van der Waals surface area contributed by atoms with E-state index < -0.39 is 0 Å². The van der Waals surface area contributed by atoms with Crippen molar-refractivity contribution in [3.63, 3.8) is 0 Å². The number of hydrogen-bond acceptors (Lipinski definition) is 3. The van der Waals surface area contributed by atoms with E-state index in [1.165, 1.54) is 12.1 Å². The molecule has 2 N–H and O–H groups in total. The van der Waals surface area contributed by atoms with E-state index in [4.69, 9.17) is 0 Å². The summed E-state index contributed by atoms with van der Waals surface area (Å²) in [7, 11) is 0. The van der Waals surface area contributed by atoms with Crippen LogP contribution in [0.25, 0.3) is 0 Å². The highest BCUT2D eigenvalue weighted by molar-refractivity contribution is 5.95. The van der Waals surface area contributed by atoms with Crippen LogP contribution in [0.1, 0.15) is 65.7 Å². The summed E-state index contributed by atoms with van der Waals surface area (Å²) in [5.74, 6) is -0.273. The van der Waals surface area contributed by atoms with Crippen LogP contribution in [0.2, 0.25) is 0 Å². The quantitative estimate of drug-likeness (QED) is 0.474. The molecular weight excluding hydrogens is 465 g/mol. The molecule has 0 aromatic heterocycles. The van der Waals surface area contributed by atoms with Crippen molar-refractivity contribution in [2.24, 2.45) is 11.8 Å². The molecule has 37 heavy (non-hydrogen) atoms. The standard InChI is InChI=1S/C31H32FN3O2/c32-22-16-14-20(15-17-22)28-25-18-19-35(29(25)23-10-4-6-12-26(23)33-28)31(37)24-11-5-7-13-27(24)34-30(36)21-8-2-1-3-9-21/h1-4,6,8-10,12,14-17,24-25,27-29,33H,5,7,11,13,18-19H2,(H,34,36)/t24-,25+,27+,28-,29-/m0/s1. The number of carbonyl (C=O) groups is 2. The van der Waals surface area contributed by atoms with Gasteiger partial charge in [-0.05, 0) is 60.7 Å². The summed E-state index contributed by atoms with van der Waals surface area (Å²) in [6.45, 7) is 0.678. The van der Waals surface area contributed by atoms with Gasteiger partial charge in [-0.3, -0.25) is 9.59 Å². The Balaban J connectivity index is 1.28. The average Bonchev–Trinajstić information content (AvgIpc) is 3.39. The fourth-order valence-electron chi connectivity index (χ4n) is 6.63. The summed E-state index contributed by atoms with van der Waals surface area (Å²) in [5, 5.41) is 6.87. The number of para-hydroxylation sites is 1. The Morgan fingerprint density at radius 1 is 0.865 bits per heavy atom. The Labute approximate surface area is 217 Å². The van der Waals surface area contributed by atoms with Gasteiger partial charge in [0.15, 0.2) is 0 Å². The second kappa shape index (κ2) is 10.0. The fraction of sp³-hybridized carbons (Fsp3) is 0.355. The van der Waals surface area contributed by atoms with Crippen LogP contribution in [-0.2, 0) is 4.79 Å². The largest absolute Gasteiger partial charge is 0.378 e. The second-order valence-corrected chi connectivity index (χ2v) is 10.5. The second-order valence-electron chi connectivity index (χ2n) is 10.5. The molecular formula is C31H32FN3O2. The average molecular weight is 498 g/mol. The van der Waals surface area contributed by atoms with Crippen molar-refractivity contribution in [3.05, 3.63) is 101 Å². The minimum absolute atomic E-state index is 0.00163. The van der Waals surface area contributed by atoms with Gasteiger partial charge in [0.2, 0.25) is 5.91 Å². The molecule has 3 aromatic rings. The van der Waals surface area contributed by atoms with E-state index in [0.717, 1.165) is 48.9 Å². The highest BCUT2D eigenvalue weighted by Gasteiger charge is 2.48. The zero-order chi connectivity index (χ0) is 25.4. The van der Waals surface area contributed by atoms with Crippen LogP contribution >= 0.6 is 0 Å². The number of fused-ring (bicyclic) bond motifs is 3. The third-order valence-electron chi connectivity index (χ3n) is 8.41. The monoisotopic (exact) mass is 497 g/mol. The first-order valence-corrected chi connectivity index (χ1v) is 13.4. The van der Waals surface area contributed by atoms with Crippen molar-refractivity contribution in [1.29, 1.82) is 0 Å². The van der Waals surface area contributed by atoms with Gasteiger partial charge in [0.05, 0.1) is 18.0 Å². The van der Waals surface area contributed by atoms with E-state index in [1.807, 2.05) is 54.6 Å². The van der Waals surface area contributed by atoms with Gasteiger partial charge in [-0.25, -0.2) is 4.39 Å². The highest BCUT2D eigenvalue weighted by Crippen LogP contribution is 2.51. The lowest BCUT2D eigenvalue weighted by Crippen LogP contribution is -2.50. The third kappa shape index (κ3) is 4.50. The van der Waals surface area contributed by atoms with Crippen LogP contribution in [0.15, 0.2) is 78.9 Å². The predicted molar refractivity (Wildman–Crippen MR) is 141 cm³/mol. The first-order chi connectivity index (χ1) is 18.1. The van der Waals surface area contributed by atoms with Gasteiger partial charge in [0.25, 0.3) is 5.91 Å². The number of anilines is 1. The lowest BCUT2D eigenvalue weighted by atomic mass is 9.79. The Kier molecular flexibility index (Phi) is 6.41. The number of amides is 2. The summed E-state index contributed by atoms with van der Waals surface area (Å²) in [6, 6.07) is 23.9. The van der Waals surface area contributed by atoms with Gasteiger partial charge >= 0.3 is 0 Å². The number of nitrogens with one attached hydrogen (secondary N) is 2. The van der Waals surface area contributed by atoms with E-state index in [9.17, 15) is 14.0 Å². The van der Waals surface area contributed by atoms with Crippen molar-refractivity contribution >= 4 is 17.5 Å². The van der Waals surface area contributed by atoms with E-state index in [-0.39, 0.29) is 47.6 Å². The number of hydrogen-bond donors (Lipinski definition) is 2. The molecule has 1 aliphatic carbocycles. The Morgan fingerprint density at radius 2 is 1.59 bits per heavy atom. The molecule has 1 saturated heterocycles. The fourth-order valence-corrected chi connectivity index (χ4v) is 6.63. The molecule has 5 atom stereocenters. The Bertz CT molecular complexity index is 1280. The normalized spacial score (nSPS) is 26.5. The summed E-state index contributed by atoms with van der Waals surface area (Å²) in [6.07, 6.45) is 4.47. The number of carbonyl (C=O) groups excluding carboxylic acids is 2. The van der Waals surface area contributed by atoms with Crippen LogP contribution in [-0.4, -0.2) is 29.3 Å². The molecule has 5 nitrogen and oxygen atoms in total. The Hall–Kier alpha value is -3.67. The zero-order valence-electron chi connectivity index (χ0n) is 20.8. The maximum Gasteiger partial charge on any atom is 0.251 e. The molecule has 6 heteroatoms. The molecule has 2 heterocycles. The molecule has 0 radical (unpaired) electrons. The van der Waals surface area contributed by atoms with Crippen molar-refractivity contribution in [3.8, 4) is 0 Å². The van der Waals surface area contributed by atoms with Gasteiger partial charge in [0, 0.05) is 29.8 Å². The molecule has 0 unspecified atom stereocenters. The van der Waals surface area contributed by atoms with Gasteiger partial charge in [-0.15, -0.1) is 0 Å². The maximum atomic E-state index is 14.2. The molecule has 3 aromatic carbocycles. The molecule has 3 aliphatic rings. The number of rotatable bonds is 4. The lowest BCUT2D eigenvalue weighted by Gasteiger charge is -2.42. The minimum atomic E-state index is -0.249. The SMILES string of the molecule is O=C(N[C@@H]1CCCC[C@@H]1C(=O)N1CC[C@@H]2[C@H](c3ccc(F)cc3)Nc3ccccc3[C@@H]21)c1ccccc1. The summed E-state index contributed by atoms with van der Waals surface area (Å²) in [5.41, 5.74) is 3.81. The molecule has 0 spiro atoms. The summed E-state index contributed by atoms with van der Waals surface area (Å²) < 4.78 is 13.7. The Morgan fingerprint density at radius 3 is 2.41 bits per heavy atom. The highest BCUT2D eigenvalue weighted by atomic mass is 19.1. The molecule has 2 fully saturated rings. The lowest BCUT2D eigenvalue weighted by molar-refractivity contribution is -0.138. The smallest absolute Gasteiger partial charge is 0.251 e. The molecule has 1 saturated carbocycles. The van der Waals surface area contributed by atoms with Crippen molar-refractivity contribution in [1.82, 2.24) is 10.2 Å².